The predicted octanol–water partition coefficient (Wildman–Crippen LogP) is 8.83. The highest BCUT2D eigenvalue weighted by Crippen LogP contribution is 2.05. The molecule has 0 fully saturated rings. The normalized spacial score (nSPS) is 9.40. The minimum Gasteiger partial charge on any atom is -0.454 e. The van der Waals surface area contributed by atoms with Gasteiger partial charge in [-0.2, -0.15) is 0 Å². The van der Waals surface area contributed by atoms with Crippen LogP contribution in [0.4, 0.5) is 14.4 Å². The SMILES string of the molecule is CCCCCCCCOC(=O)Cl.CCCCCCOC(=O)Cl.CCCCOC(=O)Cl. The quantitative estimate of drug-likeness (QED) is 0.129. The van der Waals surface area contributed by atoms with Gasteiger partial charge < -0.3 is 14.2 Å². The first-order valence-corrected chi connectivity index (χ1v) is 11.9. The van der Waals surface area contributed by atoms with Crippen LogP contribution in [0, 0.1) is 0 Å². The first-order valence-electron chi connectivity index (χ1n) is 10.8. The molecule has 0 N–H and O–H groups in total. The van der Waals surface area contributed by atoms with Gasteiger partial charge in [0.15, 0.2) is 0 Å². The maximum atomic E-state index is 10.1. The number of carbonyl (C=O) groups excluding carboxylic acids is 3. The molecule has 0 bridgehead atoms. The fraction of sp³-hybridized carbons (Fsp3) is 0.857. The molecule has 0 aliphatic carbocycles. The van der Waals surface area contributed by atoms with E-state index >= 15 is 0 Å². The fourth-order valence-electron chi connectivity index (χ4n) is 2.01. The first-order chi connectivity index (χ1) is 14.3. The Morgan fingerprint density at radius 3 is 1.07 bits per heavy atom. The second-order valence-electron chi connectivity index (χ2n) is 6.44. The van der Waals surface area contributed by atoms with Crippen LogP contribution in [-0.2, 0) is 14.2 Å². The Bertz CT molecular complexity index is 395. The molecule has 180 valence electrons. The van der Waals surface area contributed by atoms with E-state index in [0.717, 1.165) is 38.5 Å². The summed E-state index contributed by atoms with van der Waals surface area (Å²) < 4.78 is 13.5. The summed E-state index contributed by atoms with van der Waals surface area (Å²) in [7, 11) is 0. The Labute approximate surface area is 197 Å². The second-order valence-corrected chi connectivity index (χ2v) is 7.37. The number of rotatable bonds is 15. The largest absolute Gasteiger partial charge is 0.454 e. The van der Waals surface area contributed by atoms with Gasteiger partial charge in [-0.05, 0) is 19.3 Å². The van der Waals surface area contributed by atoms with E-state index in [2.05, 4.69) is 28.1 Å². The Kier molecular flexibility index (Phi) is 34.4. The molecule has 0 unspecified atom stereocenters. The van der Waals surface area contributed by atoms with Crippen LogP contribution in [0.25, 0.3) is 0 Å². The van der Waals surface area contributed by atoms with E-state index in [1.807, 2.05) is 6.92 Å². The van der Waals surface area contributed by atoms with Crippen molar-refractivity contribution in [3.8, 4) is 0 Å². The summed E-state index contributed by atoms with van der Waals surface area (Å²) in [5.41, 5.74) is -2.10. The molecule has 0 aromatic rings. The molecule has 0 aromatic carbocycles. The number of unbranched alkanes of at least 4 members (excludes halogenated alkanes) is 9. The molecule has 0 atom stereocenters. The van der Waals surface area contributed by atoms with Gasteiger partial charge in [-0.1, -0.05) is 78.6 Å². The molecule has 30 heavy (non-hydrogen) atoms. The molecular weight excluding hydrogens is 455 g/mol. The third-order valence-corrected chi connectivity index (χ3v) is 3.97. The molecule has 0 saturated carbocycles. The minimum absolute atomic E-state index is 0.443. The number of carbonyl (C=O) groups is 3. The maximum absolute atomic E-state index is 10.1. The molecular formula is C21H39Cl3O6. The van der Waals surface area contributed by atoms with Crippen LogP contribution < -0.4 is 0 Å². The number of halogens is 3. The van der Waals surface area contributed by atoms with Crippen LogP contribution in [0.2, 0.25) is 0 Å². The van der Waals surface area contributed by atoms with Gasteiger partial charge in [0.25, 0.3) is 0 Å². The van der Waals surface area contributed by atoms with E-state index < -0.39 is 16.3 Å². The van der Waals surface area contributed by atoms with Crippen molar-refractivity contribution >= 4 is 51.1 Å². The van der Waals surface area contributed by atoms with E-state index in [9.17, 15) is 14.4 Å². The van der Waals surface area contributed by atoms with Gasteiger partial charge in [0.1, 0.15) is 0 Å². The van der Waals surface area contributed by atoms with Crippen molar-refractivity contribution in [1.29, 1.82) is 0 Å². The smallest absolute Gasteiger partial charge is 0.403 e. The van der Waals surface area contributed by atoms with Crippen LogP contribution in [0.5, 0.6) is 0 Å². The molecule has 0 saturated heterocycles. The second kappa shape index (κ2) is 30.5. The molecule has 0 amide bonds. The van der Waals surface area contributed by atoms with E-state index in [0.29, 0.717) is 19.8 Å². The molecule has 6 nitrogen and oxygen atoms in total. The Morgan fingerprint density at radius 2 is 0.733 bits per heavy atom. The van der Waals surface area contributed by atoms with Crippen molar-refractivity contribution in [2.75, 3.05) is 19.8 Å². The third kappa shape index (κ3) is 45.8. The van der Waals surface area contributed by atoms with Crippen molar-refractivity contribution in [2.24, 2.45) is 0 Å². The highest BCUT2D eigenvalue weighted by atomic mass is 35.5. The van der Waals surface area contributed by atoms with Crippen LogP contribution in [0.3, 0.4) is 0 Å². The monoisotopic (exact) mass is 492 g/mol. The van der Waals surface area contributed by atoms with Gasteiger partial charge in [-0.15, -0.1) is 0 Å². The van der Waals surface area contributed by atoms with Gasteiger partial charge in [-0.3, -0.25) is 0 Å². The molecule has 0 spiro atoms. The van der Waals surface area contributed by atoms with E-state index in [1.165, 1.54) is 38.5 Å². The lowest BCUT2D eigenvalue weighted by molar-refractivity contribution is 0.170. The average molecular weight is 494 g/mol. The Balaban J connectivity index is -0.000000372. The van der Waals surface area contributed by atoms with Crippen molar-refractivity contribution in [1.82, 2.24) is 0 Å². The summed E-state index contributed by atoms with van der Waals surface area (Å²) in [5, 5.41) is 0. The standard InChI is InChI=1S/C9H17ClO2.C7H13ClO2.C5H9ClO2/c1-2-3-4-5-6-7-8-12-9(10)11;1-2-3-4-5-6-10-7(8)9;1-2-3-4-8-5(6)7/h2-8H2,1H3;2-6H2,1H3;2-4H2,1H3. The lowest BCUT2D eigenvalue weighted by atomic mass is 10.1. The van der Waals surface area contributed by atoms with E-state index in [1.54, 1.807) is 0 Å². The number of hydrogen-bond donors (Lipinski definition) is 0. The molecule has 0 aromatic heterocycles. The zero-order valence-electron chi connectivity index (χ0n) is 18.7. The van der Waals surface area contributed by atoms with Crippen molar-refractivity contribution in [2.45, 2.75) is 97.8 Å². The van der Waals surface area contributed by atoms with Crippen LogP contribution in [0.1, 0.15) is 97.8 Å². The zero-order valence-corrected chi connectivity index (χ0v) is 21.0. The fourth-order valence-corrected chi connectivity index (χ4v) is 2.24. The Hall–Kier alpha value is -0.720. The van der Waals surface area contributed by atoms with Gasteiger partial charge in [0, 0.05) is 34.8 Å². The summed E-state index contributed by atoms with van der Waals surface area (Å²) in [4.78, 5) is 30.0. The number of hydrogen-bond acceptors (Lipinski definition) is 6. The summed E-state index contributed by atoms with van der Waals surface area (Å²) in [6.07, 6.45) is 13.5. The zero-order chi connectivity index (χ0) is 23.5. The molecule has 0 rings (SSSR count). The van der Waals surface area contributed by atoms with Gasteiger partial charge in [0.05, 0.1) is 19.8 Å². The van der Waals surface area contributed by atoms with Gasteiger partial charge in [-0.25, -0.2) is 14.4 Å². The molecule has 0 radical (unpaired) electrons. The third-order valence-electron chi connectivity index (χ3n) is 3.64. The lowest BCUT2D eigenvalue weighted by Gasteiger charge is -2.00. The predicted molar refractivity (Wildman–Crippen MR) is 124 cm³/mol. The molecule has 0 aliphatic rings. The van der Waals surface area contributed by atoms with E-state index in [-0.39, 0.29) is 0 Å². The summed E-state index contributed by atoms with van der Waals surface area (Å²) in [5.74, 6) is 0. The highest BCUT2D eigenvalue weighted by molar-refractivity contribution is 6.61. The minimum atomic E-state index is -0.710. The van der Waals surface area contributed by atoms with Gasteiger partial charge >= 0.3 is 16.3 Å². The summed E-state index contributed by atoms with van der Waals surface area (Å²) >= 11 is 14.8. The molecule has 9 heteroatoms. The summed E-state index contributed by atoms with van der Waals surface area (Å²) in [6, 6.07) is 0. The summed E-state index contributed by atoms with van der Waals surface area (Å²) in [6.45, 7) is 7.71. The van der Waals surface area contributed by atoms with Crippen LogP contribution >= 0.6 is 34.8 Å². The van der Waals surface area contributed by atoms with Crippen LogP contribution in [0.15, 0.2) is 0 Å². The van der Waals surface area contributed by atoms with Gasteiger partial charge in [0.2, 0.25) is 0 Å². The van der Waals surface area contributed by atoms with E-state index in [4.69, 9.17) is 34.8 Å². The topological polar surface area (TPSA) is 78.9 Å². The Morgan fingerprint density at radius 1 is 0.467 bits per heavy atom. The van der Waals surface area contributed by atoms with Crippen molar-refractivity contribution in [3.05, 3.63) is 0 Å². The number of ether oxygens (including phenoxy) is 3. The van der Waals surface area contributed by atoms with Crippen molar-refractivity contribution < 1.29 is 28.6 Å². The molecule has 0 heterocycles. The van der Waals surface area contributed by atoms with Crippen LogP contribution in [-0.4, -0.2) is 36.1 Å². The highest BCUT2D eigenvalue weighted by Gasteiger charge is 1.95. The average Bonchev–Trinajstić information content (AvgIpc) is 2.68. The van der Waals surface area contributed by atoms with Crippen molar-refractivity contribution in [3.63, 3.8) is 0 Å². The lowest BCUT2D eigenvalue weighted by Crippen LogP contribution is -1.95. The first kappa shape index (κ1) is 33.9. The maximum Gasteiger partial charge on any atom is 0.403 e. The molecule has 0 aliphatic heterocycles.